The van der Waals surface area contributed by atoms with Gasteiger partial charge in [0, 0.05) is 0 Å². The van der Waals surface area contributed by atoms with E-state index in [-0.39, 0.29) is 11.9 Å². The Morgan fingerprint density at radius 1 is 1.46 bits per heavy atom. The zero-order valence-corrected chi connectivity index (χ0v) is 8.17. The molecule has 0 aromatic carbocycles. The van der Waals surface area contributed by atoms with Crippen molar-refractivity contribution in [1.29, 1.82) is 0 Å². The predicted molar refractivity (Wildman–Crippen MR) is 50.5 cm³/mol. The van der Waals surface area contributed by atoms with Crippen LogP contribution in [0.4, 0.5) is 0 Å². The van der Waals surface area contributed by atoms with E-state index in [1.807, 2.05) is 0 Å². The van der Waals surface area contributed by atoms with Gasteiger partial charge in [0.1, 0.15) is 6.61 Å². The van der Waals surface area contributed by atoms with Crippen molar-refractivity contribution in [3.8, 4) is 0 Å². The molecule has 0 saturated heterocycles. The maximum atomic E-state index is 11.5. The summed E-state index contributed by atoms with van der Waals surface area (Å²) in [6, 6.07) is 0. The highest BCUT2D eigenvalue weighted by molar-refractivity contribution is 6.18. The fraction of sp³-hybridized carbons (Fsp3) is 0.700. The highest BCUT2D eigenvalue weighted by atomic mass is 35.5. The average Bonchev–Trinajstić information content (AvgIpc) is 2.74. The molecule has 0 aliphatic heterocycles. The molecule has 0 spiro atoms. The lowest BCUT2D eigenvalue weighted by atomic mass is 9.94. The lowest BCUT2D eigenvalue weighted by Gasteiger charge is -2.15. The van der Waals surface area contributed by atoms with E-state index in [9.17, 15) is 4.79 Å². The fourth-order valence-corrected chi connectivity index (χ4v) is 2.38. The summed E-state index contributed by atoms with van der Waals surface area (Å²) in [5.74, 6) is 1.50. The Bertz CT molecular complexity index is 237. The summed E-state index contributed by atoms with van der Waals surface area (Å²) in [5.41, 5.74) is 0. The third-order valence-corrected chi connectivity index (χ3v) is 3.06. The topological polar surface area (TPSA) is 26.3 Å². The molecule has 0 heterocycles. The Labute approximate surface area is 82.9 Å². The van der Waals surface area contributed by atoms with Gasteiger partial charge in [0.2, 0.25) is 0 Å². The van der Waals surface area contributed by atoms with Gasteiger partial charge in [-0.3, -0.25) is 4.79 Å². The van der Waals surface area contributed by atoms with Crippen LogP contribution in [0.1, 0.15) is 12.8 Å². The fourth-order valence-electron chi connectivity index (χ4n) is 2.30. The molecule has 13 heavy (non-hydrogen) atoms. The van der Waals surface area contributed by atoms with Crippen LogP contribution < -0.4 is 0 Å². The molecule has 0 amide bonds. The molecule has 0 radical (unpaired) electrons. The summed E-state index contributed by atoms with van der Waals surface area (Å²) in [6.45, 7) is 0.345. The van der Waals surface area contributed by atoms with Crippen LogP contribution in [0, 0.1) is 17.8 Å². The second-order valence-corrected chi connectivity index (χ2v) is 4.12. The van der Waals surface area contributed by atoms with E-state index < -0.39 is 0 Å². The second kappa shape index (κ2) is 3.70. The zero-order valence-electron chi connectivity index (χ0n) is 7.41. The summed E-state index contributed by atoms with van der Waals surface area (Å²) < 4.78 is 5.02. The molecule has 1 fully saturated rings. The quantitative estimate of drug-likeness (QED) is 0.396. The van der Waals surface area contributed by atoms with Gasteiger partial charge in [0.15, 0.2) is 0 Å². The Balaban J connectivity index is 1.88. The number of carbonyl (C=O) groups is 1. The van der Waals surface area contributed by atoms with Gasteiger partial charge < -0.3 is 4.74 Å². The van der Waals surface area contributed by atoms with Crippen LogP contribution in [-0.2, 0) is 9.53 Å². The largest absolute Gasteiger partial charge is 0.464 e. The molecule has 0 aromatic rings. The van der Waals surface area contributed by atoms with Crippen LogP contribution in [0.3, 0.4) is 0 Å². The molecule has 2 nitrogen and oxygen atoms in total. The number of carbonyl (C=O) groups excluding carboxylic acids is 1. The van der Waals surface area contributed by atoms with Gasteiger partial charge in [-0.05, 0) is 24.7 Å². The smallest absolute Gasteiger partial charge is 0.309 e. The Morgan fingerprint density at radius 3 is 2.85 bits per heavy atom. The van der Waals surface area contributed by atoms with Crippen molar-refractivity contribution in [3.63, 3.8) is 0 Å². The molecule has 0 aromatic heterocycles. The van der Waals surface area contributed by atoms with E-state index in [0.29, 0.717) is 24.3 Å². The first kappa shape index (κ1) is 9.07. The third kappa shape index (κ3) is 1.73. The SMILES string of the molecule is O=C(OCCCl)C1CC2C=CC1C2. The Hall–Kier alpha value is -0.500. The van der Waals surface area contributed by atoms with Crippen molar-refractivity contribution in [2.24, 2.45) is 17.8 Å². The Kier molecular flexibility index (Phi) is 2.58. The van der Waals surface area contributed by atoms with E-state index in [1.54, 1.807) is 0 Å². The summed E-state index contributed by atoms with van der Waals surface area (Å²) in [5, 5.41) is 0. The van der Waals surface area contributed by atoms with Gasteiger partial charge >= 0.3 is 5.97 Å². The highest BCUT2D eigenvalue weighted by Crippen LogP contribution is 2.43. The molecular weight excluding hydrogens is 188 g/mol. The van der Waals surface area contributed by atoms with Gasteiger partial charge in [-0.1, -0.05) is 12.2 Å². The van der Waals surface area contributed by atoms with Crippen molar-refractivity contribution < 1.29 is 9.53 Å². The van der Waals surface area contributed by atoms with Crippen LogP contribution in [0.2, 0.25) is 0 Å². The lowest BCUT2D eigenvalue weighted by molar-refractivity contribution is -0.148. The number of ether oxygens (including phenoxy) is 1. The molecule has 3 heteroatoms. The maximum absolute atomic E-state index is 11.5. The maximum Gasteiger partial charge on any atom is 0.309 e. The van der Waals surface area contributed by atoms with Gasteiger partial charge in [-0.15, -0.1) is 11.6 Å². The van der Waals surface area contributed by atoms with E-state index in [2.05, 4.69) is 12.2 Å². The van der Waals surface area contributed by atoms with Crippen LogP contribution in [0.25, 0.3) is 0 Å². The van der Waals surface area contributed by atoms with Crippen LogP contribution in [0.5, 0.6) is 0 Å². The Morgan fingerprint density at radius 2 is 2.31 bits per heavy atom. The molecule has 2 aliphatic carbocycles. The van der Waals surface area contributed by atoms with E-state index in [4.69, 9.17) is 16.3 Å². The van der Waals surface area contributed by atoms with Gasteiger partial charge in [0.25, 0.3) is 0 Å². The number of alkyl halides is 1. The number of hydrogen-bond acceptors (Lipinski definition) is 2. The number of hydrogen-bond donors (Lipinski definition) is 0. The third-order valence-electron chi connectivity index (χ3n) is 2.90. The number of fused-ring (bicyclic) bond motifs is 2. The monoisotopic (exact) mass is 200 g/mol. The minimum Gasteiger partial charge on any atom is -0.464 e. The zero-order chi connectivity index (χ0) is 9.26. The van der Waals surface area contributed by atoms with Crippen molar-refractivity contribution in [1.82, 2.24) is 0 Å². The minimum absolute atomic E-state index is 0.0579. The summed E-state index contributed by atoms with van der Waals surface area (Å²) in [6.07, 6.45) is 6.49. The number of esters is 1. The number of rotatable bonds is 3. The average molecular weight is 201 g/mol. The van der Waals surface area contributed by atoms with Gasteiger partial charge in [0.05, 0.1) is 11.8 Å². The second-order valence-electron chi connectivity index (χ2n) is 3.74. The van der Waals surface area contributed by atoms with Crippen molar-refractivity contribution in [2.75, 3.05) is 12.5 Å². The molecule has 2 rings (SSSR count). The number of halogens is 1. The summed E-state index contributed by atoms with van der Waals surface area (Å²) in [7, 11) is 0. The molecule has 2 bridgehead atoms. The minimum atomic E-state index is -0.0579. The first-order chi connectivity index (χ1) is 6.31. The van der Waals surface area contributed by atoms with E-state index in [1.165, 1.54) is 0 Å². The standard InChI is InChI=1S/C10H13ClO2/c11-3-4-13-10(12)9-6-7-1-2-8(9)5-7/h1-2,7-9H,3-6H2. The van der Waals surface area contributed by atoms with E-state index >= 15 is 0 Å². The first-order valence-corrected chi connectivity index (χ1v) is 5.25. The first-order valence-electron chi connectivity index (χ1n) is 4.72. The van der Waals surface area contributed by atoms with Gasteiger partial charge in [-0.2, -0.15) is 0 Å². The summed E-state index contributed by atoms with van der Waals surface area (Å²) >= 11 is 5.44. The molecule has 72 valence electrons. The van der Waals surface area contributed by atoms with Crippen molar-refractivity contribution >= 4 is 17.6 Å². The van der Waals surface area contributed by atoms with Crippen LogP contribution in [-0.4, -0.2) is 18.5 Å². The molecule has 1 saturated carbocycles. The van der Waals surface area contributed by atoms with Crippen molar-refractivity contribution in [2.45, 2.75) is 12.8 Å². The summed E-state index contributed by atoms with van der Waals surface area (Å²) in [4.78, 5) is 11.5. The highest BCUT2D eigenvalue weighted by Gasteiger charge is 2.40. The van der Waals surface area contributed by atoms with E-state index in [0.717, 1.165) is 12.8 Å². The van der Waals surface area contributed by atoms with Crippen LogP contribution in [0.15, 0.2) is 12.2 Å². The number of allylic oxidation sites excluding steroid dienone is 2. The molecule has 3 unspecified atom stereocenters. The molecule has 0 N–H and O–H groups in total. The predicted octanol–water partition coefficient (Wildman–Crippen LogP) is 1.98. The van der Waals surface area contributed by atoms with Gasteiger partial charge in [-0.25, -0.2) is 0 Å². The molecular formula is C10H13ClO2. The van der Waals surface area contributed by atoms with Crippen LogP contribution >= 0.6 is 11.6 Å². The normalized spacial score (nSPS) is 35.3. The molecule has 3 atom stereocenters. The molecule has 2 aliphatic rings. The lowest BCUT2D eigenvalue weighted by Crippen LogP contribution is -2.22. The van der Waals surface area contributed by atoms with Crippen molar-refractivity contribution in [3.05, 3.63) is 12.2 Å².